The van der Waals surface area contributed by atoms with E-state index < -0.39 is 0 Å². The first-order valence-corrected chi connectivity index (χ1v) is 7.39. The second-order valence-electron chi connectivity index (χ2n) is 4.25. The van der Waals surface area contributed by atoms with Crippen molar-refractivity contribution in [1.82, 2.24) is 5.32 Å². The Balaban J connectivity index is 2.34. The molecule has 2 aromatic rings. The summed E-state index contributed by atoms with van der Waals surface area (Å²) in [6.45, 7) is 3.98. The van der Waals surface area contributed by atoms with Gasteiger partial charge in [-0.3, -0.25) is 9.79 Å². The molecule has 0 radical (unpaired) electrons. The third-order valence-corrected chi connectivity index (χ3v) is 3.86. The van der Waals surface area contributed by atoms with E-state index in [0.717, 1.165) is 16.1 Å². The quantitative estimate of drug-likeness (QED) is 0.803. The topological polar surface area (TPSA) is 53.5 Å². The number of nitrogens with one attached hydrogen (secondary N) is 2. The third-order valence-electron chi connectivity index (χ3n) is 2.92. The normalized spacial score (nSPS) is 10.5. The lowest BCUT2D eigenvalue weighted by Gasteiger charge is -2.07. The van der Waals surface area contributed by atoms with Crippen LogP contribution in [0.1, 0.15) is 10.4 Å². The highest BCUT2D eigenvalue weighted by atomic mass is 32.1. The van der Waals surface area contributed by atoms with Gasteiger partial charge in [-0.2, -0.15) is 0 Å². The van der Waals surface area contributed by atoms with E-state index in [-0.39, 0.29) is 5.91 Å². The van der Waals surface area contributed by atoms with Gasteiger partial charge in [0.25, 0.3) is 5.91 Å². The van der Waals surface area contributed by atoms with Gasteiger partial charge in [-0.1, -0.05) is 30.3 Å². The second kappa shape index (κ2) is 7.40. The highest BCUT2D eigenvalue weighted by Crippen LogP contribution is 2.35. The van der Waals surface area contributed by atoms with Gasteiger partial charge in [0, 0.05) is 30.7 Å². The van der Waals surface area contributed by atoms with Crippen molar-refractivity contribution in [3.05, 3.63) is 53.6 Å². The first-order valence-electron chi connectivity index (χ1n) is 6.51. The molecule has 0 unspecified atom stereocenters. The Labute approximate surface area is 128 Å². The maximum absolute atomic E-state index is 12.2. The smallest absolute Gasteiger partial charge is 0.254 e. The van der Waals surface area contributed by atoms with E-state index in [2.05, 4.69) is 22.3 Å². The van der Waals surface area contributed by atoms with E-state index in [4.69, 9.17) is 0 Å². The molecule has 0 fully saturated rings. The van der Waals surface area contributed by atoms with Gasteiger partial charge in [-0.15, -0.1) is 11.3 Å². The molecule has 0 aliphatic carbocycles. The van der Waals surface area contributed by atoms with Gasteiger partial charge >= 0.3 is 0 Å². The summed E-state index contributed by atoms with van der Waals surface area (Å²) in [6, 6.07) is 9.89. The van der Waals surface area contributed by atoms with Gasteiger partial charge in [0.05, 0.1) is 5.56 Å². The zero-order valence-electron chi connectivity index (χ0n) is 11.8. The molecule has 1 amide bonds. The molecule has 0 bridgehead atoms. The lowest BCUT2D eigenvalue weighted by molar-refractivity contribution is 0.0965. The number of amides is 1. The van der Waals surface area contributed by atoms with E-state index in [1.165, 1.54) is 11.3 Å². The Kier molecular flexibility index (Phi) is 5.29. The summed E-state index contributed by atoms with van der Waals surface area (Å²) in [6.07, 6.45) is 3.47. The summed E-state index contributed by atoms with van der Waals surface area (Å²) in [5.41, 5.74) is 2.64. The molecule has 0 saturated heterocycles. The summed E-state index contributed by atoms with van der Waals surface area (Å²) in [5, 5.41) is 8.78. The molecule has 0 aliphatic rings. The Morgan fingerprint density at radius 2 is 2.14 bits per heavy atom. The maximum Gasteiger partial charge on any atom is 0.254 e. The number of carbonyl (C=O) groups is 1. The number of anilines is 1. The highest BCUT2D eigenvalue weighted by Gasteiger charge is 2.18. The molecule has 0 spiro atoms. The van der Waals surface area contributed by atoms with E-state index in [9.17, 15) is 4.79 Å². The largest absolute Gasteiger partial charge is 0.373 e. The number of rotatable bonds is 6. The molecule has 1 heterocycles. The number of thiophene rings is 1. The van der Waals surface area contributed by atoms with Crippen LogP contribution in [0.25, 0.3) is 11.1 Å². The third kappa shape index (κ3) is 3.58. The Morgan fingerprint density at radius 3 is 2.81 bits per heavy atom. The average molecular weight is 299 g/mol. The Hall–Kier alpha value is -2.40. The van der Waals surface area contributed by atoms with Crippen molar-refractivity contribution in [2.45, 2.75) is 0 Å². The Morgan fingerprint density at radius 1 is 1.38 bits per heavy atom. The monoisotopic (exact) mass is 299 g/mol. The lowest BCUT2D eigenvalue weighted by Crippen LogP contribution is -2.19. The number of hydrogen-bond acceptors (Lipinski definition) is 4. The lowest BCUT2D eigenvalue weighted by atomic mass is 10.0. The predicted octanol–water partition coefficient (Wildman–Crippen LogP) is 3.40. The minimum absolute atomic E-state index is 0.0940. The number of nitrogens with zero attached hydrogens (tertiary/aromatic N) is 1. The molecule has 1 aromatic heterocycles. The van der Waals surface area contributed by atoms with Crippen LogP contribution >= 0.6 is 11.3 Å². The Bertz CT molecular complexity index is 647. The van der Waals surface area contributed by atoms with Crippen LogP contribution in [0.15, 0.2) is 53.0 Å². The molecule has 21 heavy (non-hydrogen) atoms. The molecule has 2 N–H and O–H groups in total. The van der Waals surface area contributed by atoms with Crippen LogP contribution in [-0.2, 0) is 0 Å². The first-order chi connectivity index (χ1) is 10.3. The van der Waals surface area contributed by atoms with Gasteiger partial charge in [0.15, 0.2) is 0 Å². The number of carbonyl (C=O) groups excluding carboxylic acids is 1. The van der Waals surface area contributed by atoms with E-state index in [1.807, 2.05) is 41.8 Å². The zero-order valence-corrected chi connectivity index (χ0v) is 12.6. The minimum atomic E-state index is -0.0940. The molecule has 0 saturated carbocycles. The van der Waals surface area contributed by atoms with Crippen molar-refractivity contribution in [3.63, 3.8) is 0 Å². The molecular formula is C16H17N3OS. The predicted molar refractivity (Wildman–Crippen MR) is 90.3 cm³/mol. The van der Waals surface area contributed by atoms with Crippen molar-refractivity contribution in [3.8, 4) is 11.1 Å². The summed E-state index contributed by atoms with van der Waals surface area (Å²) < 4.78 is 0. The molecule has 4 nitrogen and oxygen atoms in total. The fraction of sp³-hybridized carbons (Fsp3) is 0.125. The van der Waals surface area contributed by atoms with E-state index >= 15 is 0 Å². The van der Waals surface area contributed by atoms with Gasteiger partial charge in [0.2, 0.25) is 0 Å². The van der Waals surface area contributed by atoms with Crippen LogP contribution in [0.3, 0.4) is 0 Å². The molecule has 0 atom stereocenters. The fourth-order valence-corrected chi connectivity index (χ4v) is 2.92. The SMILES string of the molecule is C=N/C=C\CNc1scc(-c2ccccc2)c1C(=O)NC. The maximum atomic E-state index is 12.2. The molecule has 108 valence electrons. The zero-order chi connectivity index (χ0) is 15.1. The van der Waals surface area contributed by atoms with Crippen LogP contribution in [0.5, 0.6) is 0 Å². The summed E-state index contributed by atoms with van der Waals surface area (Å²) in [4.78, 5) is 15.8. The van der Waals surface area contributed by atoms with Crippen LogP contribution in [-0.4, -0.2) is 26.2 Å². The fourth-order valence-electron chi connectivity index (χ4n) is 1.95. The molecule has 5 heteroatoms. The van der Waals surface area contributed by atoms with Gasteiger partial charge in [0.1, 0.15) is 5.00 Å². The van der Waals surface area contributed by atoms with Crippen LogP contribution < -0.4 is 10.6 Å². The minimum Gasteiger partial charge on any atom is -0.373 e. The van der Waals surface area contributed by atoms with Crippen LogP contribution in [0, 0.1) is 0 Å². The molecule has 2 rings (SSSR count). The summed E-state index contributed by atoms with van der Waals surface area (Å²) >= 11 is 1.52. The average Bonchev–Trinajstić information content (AvgIpc) is 2.95. The summed E-state index contributed by atoms with van der Waals surface area (Å²) in [5.74, 6) is -0.0940. The van der Waals surface area contributed by atoms with Crippen LogP contribution in [0.4, 0.5) is 5.00 Å². The first kappa shape index (κ1) is 15.0. The van der Waals surface area contributed by atoms with Gasteiger partial charge in [-0.25, -0.2) is 0 Å². The van der Waals surface area contributed by atoms with E-state index in [0.29, 0.717) is 12.1 Å². The van der Waals surface area contributed by atoms with Crippen molar-refractivity contribution >= 4 is 29.0 Å². The van der Waals surface area contributed by atoms with Gasteiger partial charge < -0.3 is 10.6 Å². The number of aliphatic imine (C=N–C) groups is 1. The van der Waals surface area contributed by atoms with Gasteiger partial charge in [-0.05, 0) is 18.4 Å². The molecule has 0 aliphatic heterocycles. The standard InChI is InChI=1S/C16H17N3OS/c1-17-9-6-10-19-16-14(15(20)18-2)13(11-21-16)12-7-4-3-5-8-12/h3-9,11,19H,1,10H2,2H3,(H,18,20)/b9-6-. The van der Waals surface area contributed by atoms with Crippen molar-refractivity contribution in [2.24, 2.45) is 4.99 Å². The number of benzene rings is 1. The molecular weight excluding hydrogens is 282 g/mol. The highest BCUT2D eigenvalue weighted by molar-refractivity contribution is 7.15. The van der Waals surface area contributed by atoms with E-state index in [1.54, 1.807) is 13.2 Å². The van der Waals surface area contributed by atoms with Crippen molar-refractivity contribution < 1.29 is 4.79 Å². The van der Waals surface area contributed by atoms with Crippen LogP contribution in [0.2, 0.25) is 0 Å². The number of hydrogen-bond donors (Lipinski definition) is 2. The second-order valence-corrected chi connectivity index (χ2v) is 5.13. The van der Waals surface area contributed by atoms with Crippen molar-refractivity contribution in [1.29, 1.82) is 0 Å². The molecule has 1 aromatic carbocycles. The van der Waals surface area contributed by atoms with Crippen molar-refractivity contribution in [2.75, 3.05) is 18.9 Å². The summed E-state index contributed by atoms with van der Waals surface area (Å²) in [7, 11) is 1.64.